The topological polar surface area (TPSA) is 168 Å². The number of carboxylic acids is 1. The SMILES string of the molecule is CC(C)(C)OC(=O)N=C(N)N(C(=O)OC(C)(C)C)c1cccc(N(C(=O)c2ccco2)C2CCN(CC(C(=O)O)c3ccccc3)CC2)c1. The number of amides is 3. The van der Waals surface area contributed by atoms with Gasteiger partial charge >= 0.3 is 18.2 Å². The second-order valence-corrected chi connectivity index (χ2v) is 13.8. The fraction of sp³-hybridized carbons (Fsp3) is 0.417. The summed E-state index contributed by atoms with van der Waals surface area (Å²) in [5, 5.41) is 9.96. The molecule has 1 unspecified atom stereocenters. The van der Waals surface area contributed by atoms with E-state index in [2.05, 4.69) is 9.89 Å². The van der Waals surface area contributed by atoms with E-state index in [0.29, 0.717) is 38.2 Å². The molecule has 1 fully saturated rings. The number of furan rings is 1. The maximum atomic E-state index is 14.0. The zero-order valence-corrected chi connectivity index (χ0v) is 28.8. The standard InChI is InChI=1S/C36H45N5O8/c1-35(2,3)48-33(45)38-32(37)41(34(46)49-36(4,5)6)27-15-10-14-26(22-27)40(30(42)29-16-11-21-47-29)25-17-19-39(20-18-25)23-28(31(43)44)24-12-8-7-9-13-24/h7-16,21-22,25,28H,17-20,23H2,1-6H3,(H,43,44)(H2,37,38,45). The average Bonchev–Trinajstić information content (AvgIpc) is 3.55. The molecule has 1 saturated heterocycles. The van der Waals surface area contributed by atoms with Crippen LogP contribution in [-0.4, -0.2) is 76.9 Å². The van der Waals surface area contributed by atoms with Crippen molar-refractivity contribution in [2.24, 2.45) is 10.7 Å². The van der Waals surface area contributed by atoms with Crippen LogP contribution in [-0.2, 0) is 14.3 Å². The normalized spacial score (nSPS) is 15.3. The van der Waals surface area contributed by atoms with E-state index in [1.807, 2.05) is 30.3 Å². The molecular formula is C36H45N5O8. The summed E-state index contributed by atoms with van der Waals surface area (Å²) in [4.78, 5) is 60.7. The largest absolute Gasteiger partial charge is 0.481 e. The summed E-state index contributed by atoms with van der Waals surface area (Å²) in [7, 11) is 0. The molecule has 49 heavy (non-hydrogen) atoms. The first kappa shape index (κ1) is 36.7. The van der Waals surface area contributed by atoms with E-state index in [1.54, 1.807) is 82.8 Å². The number of anilines is 2. The zero-order chi connectivity index (χ0) is 35.9. The number of aliphatic imine (C=N–C) groups is 1. The number of carbonyl (C=O) groups is 4. The lowest BCUT2D eigenvalue weighted by atomic mass is 9.96. The van der Waals surface area contributed by atoms with Crippen LogP contribution in [0.15, 0.2) is 82.4 Å². The molecule has 1 aliphatic heterocycles. The van der Waals surface area contributed by atoms with Crippen LogP contribution in [0, 0.1) is 0 Å². The number of ether oxygens (including phenoxy) is 2. The number of benzene rings is 2. The molecular weight excluding hydrogens is 630 g/mol. The van der Waals surface area contributed by atoms with Gasteiger partial charge < -0.3 is 34.5 Å². The zero-order valence-electron chi connectivity index (χ0n) is 28.8. The van der Waals surface area contributed by atoms with Gasteiger partial charge in [-0.15, -0.1) is 4.99 Å². The summed E-state index contributed by atoms with van der Waals surface area (Å²) in [6.45, 7) is 11.5. The lowest BCUT2D eigenvalue weighted by Crippen LogP contribution is -2.49. The maximum Gasteiger partial charge on any atom is 0.437 e. The smallest absolute Gasteiger partial charge is 0.437 e. The van der Waals surface area contributed by atoms with Gasteiger partial charge in [0.1, 0.15) is 11.2 Å². The molecule has 0 bridgehead atoms. The molecule has 0 saturated carbocycles. The van der Waals surface area contributed by atoms with Crippen molar-refractivity contribution in [1.82, 2.24) is 4.90 Å². The van der Waals surface area contributed by atoms with E-state index in [1.165, 1.54) is 6.26 Å². The molecule has 1 aromatic heterocycles. The first-order valence-corrected chi connectivity index (χ1v) is 16.1. The number of hydrogen-bond acceptors (Lipinski definition) is 8. The van der Waals surface area contributed by atoms with Crippen LogP contribution in [0.2, 0.25) is 0 Å². The molecule has 1 aliphatic rings. The van der Waals surface area contributed by atoms with Crippen molar-refractivity contribution in [3.05, 3.63) is 84.3 Å². The van der Waals surface area contributed by atoms with Gasteiger partial charge in [-0.25, -0.2) is 14.5 Å². The average molecular weight is 676 g/mol. The minimum absolute atomic E-state index is 0.123. The van der Waals surface area contributed by atoms with E-state index < -0.39 is 47.1 Å². The molecule has 1 atom stereocenters. The Morgan fingerprint density at radius 2 is 1.55 bits per heavy atom. The maximum absolute atomic E-state index is 14.0. The predicted octanol–water partition coefficient (Wildman–Crippen LogP) is 6.25. The second-order valence-electron chi connectivity index (χ2n) is 13.8. The van der Waals surface area contributed by atoms with Crippen LogP contribution in [0.3, 0.4) is 0 Å². The van der Waals surface area contributed by atoms with Crippen LogP contribution in [0.4, 0.5) is 21.0 Å². The molecule has 0 radical (unpaired) electrons. The Morgan fingerprint density at radius 3 is 2.12 bits per heavy atom. The Labute approximate surface area is 286 Å². The molecule has 3 N–H and O–H groups in total. The third-order valence-corrected chi connectivity index (χ3v) is 7.58. The van der Waals surface area contributed by atoms with E-state index in [0.717, 1.165) is 10.5 Å². The van der Waals surface area contributed by atoms with Crippen LogP contribution in [0.5, 0.6) is 0 Å². The lowest BCUT2D eigenvalue weighted by molar-refractivity contribution is -0.139. The number of rotatable bonds is 8. The van der Waals surface area contributed by atoms with Gasteiger partial charge in [0.25, 0.3) is 5.91 Å². The highest BCUT2D eigenvalue weighted by molar-refractivity contribution is 6.15. The summed E-state index contributed by atoms with van der Waals surface area (Å²) in [6.07, 6.45) is 0.607. The van der Waals surface area contributed by atoms with Crippen molar-refractivity contribution in [3.8, 4) is 0 Å². The predicted molar refractivity (Wildman–Crippen MR) is 185 cm³/mol. The Hall–Kier alpha value is -5.17. The van der Waals surface area contributed by atoms with Crippen LogP contribution in [0.25, 0.3) is 0 Å². The second kappa shape index (κ2) is 15.4. The van der Waals surface area contributed by atoms with Crippen molar-refractivity contribution in [2.75, 3.05) is 29.4 Å². The molecule has 13 nitrogen and oxygen atoms in total. The summed E-state index contributed by atoms with van der Waals surface area (Å²) < 4.78 is 16.4. The van der Waals surface area contributed by atoms with Crippen molar-refractivity contribution in [1.29, 1.82) is 0 Å². The van der Waals surface area contributed by atoms with Crippen LogP contribution in [0.1, 0.15) is 76.4 Å². The molecule has 3 amide bonds. The summed E-state index contributed by atoms with van der Waals surface area (Å²) in [5.41, 5.74) is 5.84. The van der Waals surface area contributed by atoms with Crippen molar-refractivity contribution < 1.29 is 38.2 Å². The molecule has 0 aliphatic carbocycles. The van der Waals surface area contributed by atoms with Crippen molar-refractivity contribution in [3.63, 3.8) is 0 Å². The highest BCUT2D eigenvalue weighted by Crippen LogP contribution is 2.31. The Bertz CT molecular complexity index is 1640. The lowest BCUT2D eigenvalue weighted by Gasteiger charge is -2.39. The van der Waals surface area contributed by atoms with Crippen LogP contribution >= 0.6 is 0 Å². The molecule has 13 heteroatoms. The number of carboxylic acid groups (broad SMARTS) is 1. The van der Waals surface area contributed by atoms with Gasteiger partial charge in [-0.1, -0.05) is 36.4 Å². The first-order valence-electron chi connectivity index (χ1n) is 16.1. The van der Waals surface area contributed by atoms with Gasteiger partial charge in [-0.05, 0) is 90.3 Å². The molecule has 2 heterocycles. The summed E-state index contributed by atoms with van der Waals surface area (Å²) in [5.74, 6) is -2.35. The Balaban J connectivity index is 1.65. The van der Waals surface area contributed by atoms with Gasteiger partial charge in [0, 0.05) is 31.4 Å². The Morgan fingerprint density at radius 1 is 0.918 bits per heavy atom. The van der Waals surface area contributed by atoms with E-state index in [9.17, 15) is 24.3 Å². The number of guanidine groups is 1. The highest BCUT2D eigenvalue weighted by atomic mass is 16.6. The number of carbonyl (C=O) groups excluding carboxylic acids is 3. The van der Waals surface area contributed by atoms with E-state index in [4.69, 9.17) is 19.6 Å². The molecule has 4 rings (SSSR count). The van der Waals surface area contributed by atoms with Crippen molar-refractivity contribution >= 4 is 41.4 Å². The number of nitrogens with two attached hydrogens (primary N) is 1. The summed E-state index contributed by atoms with van der Waals surface area (Å²) >= 11 is 0. The molecule has 3 aromatic rings. The molecule has 2 aromatic carbocycles. The fourth-order valence-corrected chi connectivity index (χ4v) is 5.49. The monoisotopic (exact) mass is 675 g/mol. The number of hydrogen-bond donors (Lipinski definition) is 2. The van der Waals surface area contributed by atoms with Crippen LogP contribution < -0.4 is 15.5 Å². The van der Waals surface area contributed by atoms with Gasteiger partial charge in [-0.3, -0.25) is 9.59 Å². The van der Waals surface area contributed by atoms with E-state index >= 15 is 0 Å². The third-order valence-electron chi connectivity index (χ3n) is 7.58. The van der Waals surface area contributed by atoms with E-state index in [-0.39, 0.29) is 17.5 Å². The highest BCUT2D eigenvalue weighted by Gasteiger charge is 2.34. The van der Waals surface area contributed by atoms with Gasteiger partial charge in [0.05, 0.1) is 17.9 Å². The van der Waals surface area contributed by atoms with Crippen molar-refractivity contribution in [2.45, 2.75) is 77.5 Å². The van der Waals surface area contributed by atoms with Gasteiger partial charge in [-0.2, -0.15) is 0 Å². The minimum atomic E-state index is -0.992. The summed E-state index contributed by atoms with van der Waals surface area (Å²) in [6, 6.07) is 18.6. The molecule has 0 spiro atoms. The van der Waals surface area contributed by atoms with Gasteiger partial charge in [0.2, 0.25) is 5.96 Å². The number of likely N-dealkylation sites (tertiary alicyclic amines) is 1. The number of aliphatic carboxylic acids is 1. The minimum Gasteiger partial charge on any atom is -0.481 e. The quantitative estimate of drug-likeness (QED) is 0.206. The fourth-order valence-electron chi connectivity index (χ4n) is 5.49. The number of piperidine rings is 1. The first-order chi connectivity index (χ1) is 23.0. The third kappa shape index (κ3) is 10.2. The Kier molecular flexibility index (Phi) is 11.5. The molecule has 262 valence electrons. The number of nitrogens with zero attached hydrogens (tertiary/aromatic N) is 4. The van der Waals surface area contributed by atoms with Gasteiger partial charge in [0.15, 0.2) is 5.76 Å².